The van der Waals surface area contributed by atoms with Gasteiger partial charge in [0.15, 0.2) is 0 Å². The van der Waals surface area contributed by atoms with Gasteiger partial charge in [0.05, 0.1) is 11.3 Å². The third-order valence-corrected chi connectivity index (χ3v) is 4.73. The van der Waals surface area contributed by atoms with Crippen LogP contribution in [0.15, 0.2) is 94.8 Å². The molecule has 5 aromatic rings. The first-order chi connectivity index (χ1) is 15.7. The van der Waals surface area contributed by atoms with Gasteiger partial charge in [-0.05, 0) is 30.3 Å². The molecular weight excluding hydrogens is 408 g/mol. The Morgan fingerprint density at radius 3 is 2.56 bits per heavy atom. The molecule has 5 rings (SSSR count). The Hall–Kier alpha value is -4.79. The molecular formula is C23H16N6O3. The predicted molar refractivity (Wildman–Crippen MR) is 118 cm³/mol. The van der Waals surface area contributed by atoms with E-state index in [1.807, 2.05) is 42.5 Å². The molecule has 1 N–H and O–H groups in total. The summed E-state index contributed by atoms with van der Waals surface area (Å²) in [6.07, 6.45) is 7.42. The normalized spacial score (nSPS) is 11.2. The van der Waals surface area contributed by atoms with Crippen molar-refractivity contribution in [1.29, 1.82) is 0 Å². The minimum atomic E-state index is -0.509. The highest BCUT2D eigenvalue weighted by Gasteiger charge is 2.16. The minimum Gasteiger partial charge on any atom is -0.422 e. The van der Waals surface area contributed by atoms with Crippen molar-refractivity contribution >= 4 is 23.0 Å². The molecule has 2 aromatic carbocycles. The molecule has 3 aromatic heterocycles. The quantitative estimate of drug-likeness (QED) is 0.343. The summed E-state index contributed by atoms with van der Waals surface area (Å²) in [7, 11) is 0. The number of nitrogens with one attached hydrogen (secondary N) is 1. The first-order valence-corrected chi connectivity index (χ1v) is 9.69. The van der Waals surface area contributed by atoms with Crippen LogP contribution in [-0.4, -0.2) is 30.6 Å². The lowest BCUT2D eigenvalue weighted by molar-refractivity contribution is -0.112. The van der Waals surface area contributed by atoms with Gasteiger partial charge in [-0.25, -0.2) is 14.2 Å². The standard InChI is InChI=1S/C23H16N6O3/c30-21(26-28-14-24-25-15-28)11-10-17-13-29(18-7-2-1-3-8-18)27-22(17)19-12-16-6-4-5-9-20(16)32-23(19)31/h1-15H,(H,26,30)/b11-10+. The molecule has 0 fully saturated rings. The van der Waals surface area contributed by atoms with Crippen molar-refractivity contribution < 1.29 is 9.21 Å². The summed E-state index contributed by atoms with van der Waals surface area (Å²) in [6.45, 7) is 0. The number of benzene rings is 2. The van der Waals surface area contributed by atoms with Crippen molar-refractivity contribution in [2.75, 3.05) is 5.43 Å². The highest BCUT2D eigenvalue weighted by Crippen LogP contribution is 2.25. The van der Waals surface area contributed by atoms with Gasteiger partial charge in [-0.15, -0.1) is 10.2 Å². The maximum atomic E-state index is 12.7. The Balaban J connectivity index is 1.59. The molecule has 1 amide bonds. The number of amides is 1. The number of fused-ring (bicyclic) bond motifs is 1. The van der Waals surface area contributed by atoms with Crippen LogP contribution < -0.4 is 11.1 Å². The van der Waals surface area contributed by atoms with Crippen molar-refractivity contribution in [3.05, 3.63) is 102 Å². The van der Waals surface area contributed by atoms with Crippen LogP contribution in [0.5, 0.6) is 0 Å². The van der Waals surface area contributed by atoms with Gasteiger partial charge in [0.2, 0.25) is 0 Å². The minimum absolute atomic E-state index is 0.303. The SMILES string of the molecule is O=C(/C=C/c1cn(-c2ccccc2)nc1-c1cc2ccccc2oc1=O)Nn1cnnc1. The van der Waals surface area contributed by atoms with Crippen molar-refractivity contribution in [1.82, 2.24) is 24.7 Å². The lowest BCUT2D eigenvalue weighted by Crippen LogP contribution is -2.18. The Morgan fingerprint density at radius 1 is 1.00 bits per heavy atom. The van der Waals surface area contributed by atoms with E-state index in [0.29, 0.717) is 22.4 Å². The lowest BCUT2D eigenvalue weighted by atomic mass is 10.1. The number of carbonyl (C=O) groups is 1. The number of nitrogens with zero attached hydrogens (tertiary/aromatic N) is 5. The van der Waals surface area contributed by atoms with E-state index in [2.05, 4.69) is 20.7 Å². The number of hydrogen-bond donors (Lipinski definition) is 1. The van der Waals surface area contributed by atoms with Crippen LogP contribution >= 0.6 is 0 Å². The van der Waals surface area contributed by atoms with E-state index < -0.39 is 11.5 Å². The molecule has 0 atom stereocenters. The first-order valence-electron chi connectivity index (χ1n) is 9.69. The van der Waals surface area contributed by atoms with E-state index in [4.69, 9.17) is 4.42 Å². The molecule has 3 heterocycles. The Bertz CT molecular complexity index is 1480. The average molecular weight is 424 g/mol. The van der Waals surface area contributed by atoms with Crippen LogP contribution in [0.2, 0.25) is 0 Å². The second-order valence-electron chi connectivity index (χ2n) is 6.88. The van der Waals surface area contributed by atoms with Gasteiger partial charge in [-0.1, -0.05) is 36.4 Å². The van der Waals surface area contributed by atoms with Crippen LogP contribution in [0.25, 0.3) is 34.0 Å². The van der Waals surface area contributed by atoms with Gasteiger partial charge >= 0.3 is 5.63 Å². The number of aromatic nitrogens is 5. The Kier molecular flexibility index (Phi) is 4.89. The van der Waals surface area contributed by atoms with E-state index in [1.54, 1.807) is 35.2 Å². The van der Waals surface area contributed by atoms with Gasteiger partial charge in [-0.2, -0.15) is 5.10 Å². The lowest BCUT2D eigenvalue weighted by Gasteiger charge is -2.02. The summed E-state index contributed by atoms with van der Waals surface area (Å²) in [5.41, 5.74) is 4.67. The molecule has 32 heavy (non-hydrogen) atoms. The topological polar surface area (TPSA) is 108 Å². The molecule has 156 valence electrons. The maximum Gasteiger partial charge on any atom is 0.345 e. The molecule has 0 unspecified atom stereocenters. The van der Waals surface area contributed by atoms with Gasteiger partial charge in [-0.3, -0.25) is 10.2 Å². The smallest absolute Gasteiger partial charge is 0.345 e. The first kappa shape index (κ1) is 19.2. The highest BCUT2D eigenvalue weighted by atomic mass is 16.4. The summed E-state index contributed by atoms with van der Waals surface area (Å²) in [6, 6.07) is 18.5. The highest BCUT2D eigenvalue weighted by molar-refractivity contribution is 5.98. The van der Waals surface area contributed by atoms with Gasteiger partial charge in [0, 0.05) is 23.2 Å². The van der Waals surface area contributed by atoms with Crippen molar-refractivity contribution in [3.63, 3.8) is 0 Å². The second-order valence-corrected chi connectivity index (χ2v) is 6.88. The van der Waals surface area contributed by atoms with Crippen molar-refractivity contribution in [2.45, 2.75) is 0 Å². The Morgan fingerprint density at radius 2 is 1.75 bits per heavy atom. The summed E-state index contributed by atoms with van der Waals surface area (Å²) >= 11 is 0. The molecule has 0 aliphatic carbocycles. The maximum absolute atomic E-state index is 12.7. The predicted octanol–water partition coefficient (Wildman–Crippen LogP) is 3.02. The molecule has 0 saturated carbocycles. The van der Waals surface area contributed by atoms with E-state index in [-0.39, 0.29) is 0 Å². The zero-order valence-corrected chi connectivity index (χ0v) is 16.6. The molecule has 0 saturated heterocycles. The number of para-hydroxylation sites is 2. The third kappa shape index (κ3) is 3.82. The molecule has 0 radical (unpaired) electrons. The molecule has 9 heteroatoms. The average Bonchev–Trinajstić information content (AvgIpc) is 3.48. The monoisotopic (exact) mass is 424 g/mol. The zero-order chi connectivity index (χ0) is 21.9. The summed E-state index contributed by atoms with van der Waals surface area (Å²) in [5.74, 6) is -0.395. The van der Waals surface area contributed by atoms with Gasteiger partial charge < -0.3 is 4.42 Å². The molecule has 0 aliphatic rings. The molecule has 0 aliphatic heterocycles. The summed E-state index contributed by atoms with van der Waals surface area (Å²) in [5, 5.41) is 12.7. The van der Waals surface area contributed by atoms with Crippen LogP contribution in [0, 0.1) is 0 Å². The molecule has 9 nitrogen and oxygen atoms in total. The molecule has 0 bridgehead atoms. The Labute approximate surface area is 181 Å². The van der Waals surface area contributed by atoms with Crippen molar-refractivity contribution in [3.8, 4) is 16.9 Å². The van der Waals surface area contributed by atoms with E-state index in [1.165, 1.54) is 23.4 Å². The fraction of sp³-hybridized carbons (Fsp3) is 0. The summed E-state index contributed by atoms with van der Waals surface area (Å²) < 4.78 is 8.47. The fourth-order valence-corrected chi connectivity index (χ4v) is 3.25. The second kappa shape index (κ2) is 8.15. The third-order valence-electron chi connectivity index (χ3n) is 4.73. The van der Waals surface area contributed by atoms with Crippen LogP contribution in [0.4, 0.5) is 0 Å². The van der Waals surface area contributed by atoms with Crippen LogP contribution in [0.1, 0.15) is 5.56 Å². The van der Waals surface area contributed by atoms with Crippen LogP contribution in [0.3, 0.4) is 0 Å². The van der Waals surface area contributed by atoms with Gasteiger partial charge in [0.1, 0.15) is 23.9 Å². The largest absolute Gasteiger partial charge is 0.422 e. The van der Waals surface area contributed by atoms with Crippen molar-refractivity contribution in [2.24, 2.45) is 0 Å². The zero-order valence-electron chi connectivity index (χ0n) is 16.6. The van der Waals surface area contributed by atoms with E-state index >= 15 is 0 Å². The molecule has 0 spiro atoms. The number of hydrogen-bond acceptors (Lipinski definition) is 6. The fourth-order valence-electron chi connectivity index (χ4n) is 3.25. The number of rotatable bonds is 5. The van der Waals surface area contributed by atoms with E-state index in [0.717, 1.165) is 11.1 Å². The van der Waals surface area contributed by atoms with E-state index in [9.17, 15) is 9.59 Å². The summed E-state index contributed by atoms with van der Waals surface area (Å²) in [4.78, 5) is 25.0. The number of carbonyl (C=O) groups excluding carboxylic acids is 1. The van der Waals surface area contributed by atoms with Gasteiger partial charge in [0.25, 0.3) is 5.91 Å². The van der Waals surface area contributed by atoms with Crippen LogP contribution in [-0.2, 0) is 4.79 Å².